The minimum Gasteiger partial charge on any atom is -0.348 e. The summed E-state index contributed by atoms with van der Waals surface area (Å²) in [7, 11) is 0. The van der Waals surface area contributed by atoms with Crippen LogP contribution in [0.5, 0.6) is 0 Å². The van der Waals surface area contributed by atoms with Crippen molar-refractivity contribution in [3.05, 3.63) is 71.4 Å². The predicted molar refractivity (Wildman–Crippen MR) is 88.0 cm³/mol. The highest BCUT2D eigenvalue weighted by Crippen LogP contribution is 2.34. The molecule has 6 heteroatoms. The Morgan fingerprint density at radius 2 is 1.96 bits per heavy atom. The lowest BCUT2D eigenvalue weighted by Crippen LogP contribution is -2.21. The number of hydrogen-bond donors (Lipinski definition) is 0. The van der Waals surface area contributed by atoms with Crippen molar-refractivity contribution in [2.45, 2.75) is 25.7 Å². The van der Waals surface area contributed by atoms with Crippen molar-refractivity contribution in [2.75, 3.05) is 6.61 Å². The average molecular weight is 340 g/mol. The molecule has 0 bridgehead atoms. The van der Waals surface area contributed by atoms with Crippen molar-refractivity contribution in [3.63, 3.8) is 0 Å². The number of benzene rings is 2. The lowest BCUT2D eigenvalue weighted by atomic mass is 10.1. The summed E-state index contributed by atoms with van der Waals surface area (Å²) in [6, 6.07) is 14.6. The molecule has 0 aliphatic carbocycles. The summed E-state index contributed by atoms with van der Waals surface area (Å²) >= 11 is 0. The number of hydrogen-bond acceptors (Lipinski definition) is 5. The number of aryl methyl sites for hydroxylation is 1. The molecule has 0 spiro atoms. The summed E-state index contributed by atoms with van der Waals surface area (Å²) in [6.45, 7) is 2.24. The molecule has 2 unspecified atom stereocenters. The first kappa shape index (κ1) is 15.9. The molecule has 5 nitrogen and oxygen atoms in total. The molecule has 1 fully saturated rings. The first-order valence-electron chi connectivity index (χ1n) is 8.13. The van der Waals surface area contributed by atoms with Crippen LogP contribution in [0.4, 0.5) is 4.39 Å². The monoisotopic (exact) mass is 340 g/mol. The second-order valence-corrected chi connectivity index (χ2v) is 5.95. The Balaban J connectivity index is 1.54. The Hall–Kier alpha value is -2.57. The van der Waals surface area contributed by atoms with Gasteiger partial charge in [-0.05, 0) is 18.6 Å². The number of nitrogens with zero attached hydrogens (tertiary/aromatic N) is 2. The number of aromatic nitrogens is 2. The number of rotatable bonds is 3. The highest BCUT2D eigenvalue weighted by atomic mass is 19.1. The van der Waals surface area contributed by atoms with Crippen molar-refractivity contribution in [3.8, 4) is 11.4 Å². The molecule has 4 rings (SSSR count). The topological polar surface area (TPSA) is 57.4 Å². The van der Waals surface area contributed by atoms with Gasteiger partial charge in [-0.2, -0.15) is 4.98 Å². The van der Waals surface area contributed by atoms with Crippen LogP contribution in [0.15, 0.2) is 53.1 Å². The molecule has 0 amide bonds. The maximum absolute atomic E-state index is 13.7. The maximum atomic E-state index is 13.7. The molecule has 1 aromatic heterocycles. The molecule has 0 radical (unpaired) electrons. The van der Waals surface area contributed by atoms with Gasteiger partial charge in [-0.1, -0.05) is 47.6 Å². The molecule has 2 aromatic carbocycles. The number of ether oxygens (including phenoxy) is 2. The maximum Gasteiger partial charge on any atom is 0.256 e. The first-order valence-corrected chi connectivity index (χ1v) is 8.13. The smallest absolute Gasteiger partial charge is 0.256 e. The van der Waals surface area contributed by atoms with Crippen molar-refractivity contribution in [2.24, 2.45) is 0 Å². The Morgan fingerprint density at radius 3 is 2.76 bits per heavy atom. The van der Waals surface area contributed by atoms with Crippen LogP contribution in [0, 0.1) is 12.7 Å². The fourth-order valence-corrected chi connectivity index (χ4v) is 2.72. The molecule has 1 saturated heterocycles. The molecule has 2 heterocycles. The van der Waals surface area contributed by atoms with Crippen LogP contribution >= 0.6 is 0 Å². The van der Waals surface area contributed by atoms with E-state index >= 15 is 0 Å². The Bertz CT molecular complexity index is 866. The van der Waals surface area contributed by atoms with Crippen molar-refractivity contribution in [1.82, 2.24) is 10.1 Å². The predicted octanol–water partition coefficient (Wildman–Crippen LogP) is 4.36. The summed E-state index contributed by atoms with van der Waals surface area (Å²) in [5, 5.41) is 3.96. The van der Waals surface area contributed by atoms with Gasteiger partial charge < -0.3 is 14.0 Å². The Morgan fingerprint density at radius 1 is 1.12 bits per heavy atom. The van der Waals surface area contributed by atoms with Gasteiger partial charge in [0.25, 0.3) is 5.89 Å². The van der Waals surface area contributed by atoms with E-state index in [0.717, 1.165) is 5.56 Å². The zero-order valence-corrected chi connectivity index (χ0v) is 13.7. The zero-order chi connectivity index (χ0) is 17.2. The van der Waals surface area contributed by atoms with E-state index < -0.39 is 6.29 Å². The van der Waals surface area contributed by atoms with Gasteiger partial charge in [-0.25, -0.2) is 4.39 Å². The van der Waals surface area contributed by atoms with Crippen LogP contribution in [-0.4, -0.2) is 16.7 Å². The van der Waals surface area contributed by atoms with Gasteiger partial charge in [-0.3, -0.25) is 0 Å². The molecule has 25 heavy (non-hydrogen) atoms. The van der Waals surface area contributed by atoms with Crippen LogP contribution in [0.3, 0.4) is 0 Å². The Labute approximate surface area is 144 Å². The Kier molecular flexibility index (Phi) is 4.29. The molecule has 3 aromatic rings. The SMILES string of the molecule is Cc1ccc(-c2noc(C3CCOC(c4ccccc4)O3)n2)cc1F. The van der Waals surface area contributed by atoms with Gasteiger partial charge >= 0.3 is 0 Å². The summed E-state index contributed by atoms with van der Waals surface area (Å²) < 4.78 is 30.7. The lowest BCUT2D eigenvalue weighted by Gasteiger charge is -2.28. The number of halogens is 1. The van der Waals surface area contributed by atoms with Gasteiger partial charge in [0.05, 0.1) is 6.61 Å². The standard InChI is InChI=1S/C19H17FN2O3/c1-12-7-8-14(11-15(12)20)17-21-18(25-22-17)16-9-10-23-19(24-16)13-5-3-2-4-6-13/h2-8,11,16,19H,9-10H2,1H3. The largest absolute Gasteiger partial charge is 0.348 e. The van der Waals surface area contributed by atoms with Crippen LogP contribution in [-0.2, 0) is 9.47 Å². The highest BCUT2D eigenvalue weighted by molar-refractivity contribution is 5.54. The third kappa shape index (κ3) is 3.31. The molecule has 0 saturated carbocycles. The quantitative estimate of drug-likeness (QED) is 0.709. The fourth-order valence-electron chi connectivity index (χ4n) is 2.72. The second kappa shape index (κ2) is 6.74. The highest BCUT2D eigenvalue weighted by Gasteiger charge is 2.29. The van der Waals surface area contributed by atoms with E-state index in [1.54, 1.807) is 19.1 Å². The van der Waals surface area contributed by atoms with E-state index in [9.17, 15) is 4.39 Å². The first-order chi connectivity index (χ1) is 12.2. The van der Waals surface area contributed by atoms with E-state index in [1.165, 1.54) is 6.07 Å². The molecular formula is C19H17FN2O3. The molecule has 1 aliphatic heterocycles. The van der Waals surface area contributed by atoms with Crippen molar-refractivity contribution >= 4 is 0 Å². The molecule has 2 atom stereocenters. The molecule has 1 aliphatic rings. The molecule has 128 valence electrons. The third-order valence-electron chi connectivity index (χ3n) is 4.16. The minimum atomic E-state index is -0.466. The summed E-state index contributed by atoms with van der Waals surface area (Å²) in [6.07, 6.45) is -0.199. The molecule has 0 N–H and O–H groups in total. The van der Waals surface area contributed by atoms with Crippen molar-refractivity contribution in [1.29, 1.82) is 0 Å². The summed E-state index contributed by atoms with van der Waals surface area (Å²) in [5.74, 6) is 0.427. The summed E-state index contributed by atoms with van der Waals surface area (Å²) in [5.41, 5.74) is 2.09. The molecular weight excluding hydrogens is 323 g/mol. The van der Waals surface area contributed by atoms with Crippen LogP contribution in [0.2, 0.25) is 0 Å². The minimum absolute atomic E-state index is 0.296. The third-order valence-corrected chi connectivity index (χ3v) is 4.16. The van der Waals surface area contributed by atoms with E-state index in [4.69, 9.17) is 14.0 Å². The van der Waals surface area contributed by atoms with Gasteiger partial charge in [0.1, 0.15) is 11.9 Å². The fraction of sp³-hybridized carbons (Fsp3) is 0.263. The van der Waals surface area contributed by atoms with Crippen molar-refractivity contribution < 1.29 is 18.4 Å². The van der Waals surface area contributed by atoms with E-state index in [2.05, 4.69) is 10.1 Å². The van der Waals surface area contributed by atoms with E-state index in [1.807, 2.05) is 30.3 Å². The van der Waals surface area contributed by atoms with E-state index in [0.29, 0.717) is 35.9 Å². The van der Waals surface area contributed by atoms with Gasteiger partial charge in [0.15, 0.2) is 6.29 Å². The lowest BCUT2D eigenvalue weighted by molar-refractivity contribution is -0.225. The van der Waals surface area contributed by atoms with Crippen LogP contribution in [0.25, 0.3) is 11.4 Å². The summed E-state index contributed by atoms with van der Waals surface area (Å²) in [4.78, 5) is 4.38. The zero-order valence-electron chi connectivity index (χ0n) is 13.7. The van der Waals surface area contributed by atoms with Crippen LogP contribution < -0.4 is 0 Å². The van der Waals surface area contributed by atoms with Gasteiger partial charge in [0.2, 0.25) is 5.82 Å². The van der Waals surface area contributed by atoms with Gasteiger partial charge in [-0.15, -0.1) is 0 Å². The van der Waals surface area contributed by atoms with E-state index in [-0.39, 0.29) is 11.9 Å². The second-order valence-electron chi connectivity index (χ2n) is 5.95. The van der Waals surface area contributed by atoms with Gasteiger partial charge in [0, 0.05) is 17.5 Å². The average Bonchev–Trinajstić information content (AvgIpc) is 3.15. The normalized spacial score (nSPS) is 20.6. The van der Waals surface area contributed by atoms with Crippen LogP contribution in [0.1, 0.15) is 35.8 Å².